The summed E-state index contributed by atoms with van der Waals surface area (Å²) in [6, 6.07) is 0. The van der Waals surface area contributed by atoms with Crippen LogP contribution in [-0.4, -0.2) is 28.9 Å². The van der Waals surface area contributed by atoms with Crippen LogP contribution in [0.3, 0.4) is 0 Å². The number of nitrogens with zero attached hydrogens (tertiary/aromatic N) is 1. The lowest BCUT2D eigenvalue weighted by Gasteiger charge is -2.69. The van der Waals surface area contributed by atoms with E-state index >= 15 is 0 Å². The summed E-state index contributed by atoms with van der Waals surface area (Å²) in [7, 11) is 0. The second kappa shape index (κ2) is 9.29. The van der Waals surface area contributed by atoms with E-state index in [0.29, 0.717) is 18.7 Å². The average molecular weight is 567 g/mol. The van der Waals surface area contributed by atoms with E-state index in [4.69, 9.17) is 18.2 Å². The van der Waals surface area contributed by atoms with E-state index in [0.717, 1.165) is 50.5 Å². The van der Waals surface area contributed by atoms with E-state index in [9.17, 15) is 14.4 Å². The highest BCUT2D eigenvalue weighted by molar-refractivity contribution is 6.17. The molecule has 0 radical (unpaired) electrons. The van der Waals surface area contributed by atoms with Crippen molar-refractivity contribution in [2.24, 2.45) is 44.8 Å². The summed E-state index contributed by atoms with van der Waals surface area (Å²) in [6.07, 6.45) is 11.6. The minimum Gasteiger partial charge on any atom is -0.351 e. The van der Waals surface area contributed by atoms with Gasteiger partial charge in [-0.2, -0.15) is 0 Å². The first kappa shape index (κ1) is 29.6. The molecule has 1 N–H and O–H groups in total. The normalized spacial score (nSPS) is 45.5. The second-order valence-corrected chi connectivity index (χ2v) is 16.0. The number of carbonyl (C=O) groups is 3. The molecule has 0 aromatic carbocycles. The number of rotatable bonds is 4. The van der Waals surface area contributed by atoms with E-state index in [-0.39, 0.29) is 62.7 Å². The van der Waals surface area contributed by atoms with Crippen LogP contribution in [0.2, 0.25) is 0 Å². The Morgan fingerprint density at radius 2 is 1.73 bits per heavy atom. The zero-order valence-corrected chi connectivity index (χ0v) is 26.3. The fourth-order valence-electron chi connectivity index (χ4n) is 10.4. The van der Waals surface area contributed by atoms with Gasteiger partial charge in [0, 0.05) is 34.6 Å². The Balaban J connectivity index is 1.58. The van der Waals surface area contributed by atoms with Crippen LogP contribution in [0.5, 0.6) is 0 Å². The quantitative estimate of drug-likeness (QED) is 0.284. The summed E-state index contributed by atoms with van der Waals surface area (Å²) in [5, 5.41) is 3.34. The molecule has 8 atom stereocenters. The number of hydrogen-bond donors (Lipinski definition) is 1. The zero-order chi connectivity index (χ0) is 29.5. The highest BCUT2D eigenvalue weighted by Gasteiger charge is 2.69. The molecule has 5 aliphatic rings. The number of halogens is 1. The Morgan fingerprint density at radius 3 is 2.38 bits per heavy atom. The van der Waals surface area contributed by atoms with Gasteiger partial charge in [-0.3, -0.25) is 9.59 Å². The number of allylic oxidation sites excluding steroid dienone is 4. The van der Waals surface area contributed by atoms with Gasteiger partial charge < -0.3 is 10.1 Å². The van der Waals surface area contributed by atoms with Gasteiger partial charge in [-0.1, -0.05) is 53.2 Å². The summed E-state index contributed by atoms with van der Waals surface area (Å²) in [6.45, 7) is 23.2. The van der Waals surface area contributed by atoms with Gasteiger partial charge in [-0.15, -0.1) is 11.6 Å². The predicted molar refractivity (Wildman–Crippen MR) is 158 cm³/mol. The molecule has 0 spiro atoms. The molecule has 5 rings (SSSR count). The third-order valence-corrected chi connectivity index (χ3v) is 13.3. The molecule has 0 aromatic rings. The van der Waals surface area contributed by atoms with Crippen LogP contribution in [0.1, 0.15) is 106 Å². The fraction of sp³-hybridized carbons (Fsp3) is 0.765. The third kappa shape index (κ3) is 3.94. The van der Waals surface area contributed by atoms with Crippen molar-refractivity contribution in [1.29, 1.82) is 0 Å². The molecule has 3 fully saturated rings. The predicted octanol–water partition coefficient (Wildman–Crippen LogP) is 7.45. The SMILES string of the molecule is [C-]#[N+]C1=C[C@]2(C)C3=CC(=O)[C@@H]4[C@@H]5C[C@@](C)(NC(=O)CCCCl)CC[C@]5(C)CC[C@@]4(C)[C@]3(C)CC[C@H]2C(C)(C)C1=O. The van der Waals surface area contributed by atoms with Crippen molar-refractivity contribution in [3.05, 3.63) is 34.8 Å². The Bertz CT molecular complexity index is 1260. The van der Waals surface area contributed by atoms with Gasteiger partial charge in [0.25, 0.3) is 0 Å². The molecule has 1 amide bonds. The van der Waals surface area contributed by atoms with Crippen molar-refractivity contribution in [1.82, 2.24) is 5.32 Å². The van der Waals surface area contributed by atoms with Crippen LogP contribution >= 0.6 is 11.6 Å². The maximum atomic E-state index is 14.5. The van der Waals surface area contributed by atoms with Gasteiger partial charge in [0.05, 0.1) is 6.57 Å². The van der Waals surface area contributed by atoms with E-state index in [1.807, 2.05) is 26.0 Å². The summed E-state index contributed by atoms with van der Waals surface area (Å²) in [5.41, 5.74) is -0.505. The molecule has 0 aliphatic heterocycles. The van der Waals surface area contributed by atoms with Crippen molar-refractivity contribution < 1.29 is 14.4 Å². The Kier molecular flexibility index (Phi) is 6.86. The second-order valence-electron chi connectivity index (χ2n) is 15.6. The number of amides is 1. The number of carbonyl (C=O) groups excluding carboxylic acids is 3. The molecule has 3 saturated carbocycles. The minimum atomic E-state index is -0.648. The first-order chi connectivity index (χ1) is 18.5. The summed E-state index contributed by atoms with van der Waals surface area (Å²) in [4.78, 5) is 44.2. The van der Waals surface area contributed by atoms with Gasteiger partial charge in [0.1, 0.15) is 0 Å². The van der Waals surface area contributed by atoms with Crippen molar-refractivity contribution in [2.45, 2.75) is 112 Å². The molecule has 218 valence electrons. The molecular weight excluding hydrogens is 520 g/mol. The van der Waals surface area contributed by atoms with Crippen molar-refractivity contribution in [3.63, 3.8) is 0 Å². The Hall–Kier alpha value is -1.93. The van der Waals surface area contributed by atoms with Crippen LogP contribution in [0.4, 0.5) is 0 Å². The lowest BCUT2D eigenvalue weighted by atomic mass is 9.34. The van der Waals surface area contributed by atoms with Crippen molar-refractivity contribution in [3.8, 4) is 0 Å². The molecule has 0 bridgehead atoms. The molecule has 5 nitrogen and oxygen atoms in total. The Morgan fingerprint density at radius 1 is 1.05 bits per heavy atom. The smallest absolute Gasteiger partial charge is 0.226 e. The molecule has 6 heteroatoms. The number of hydrogen-bond acceptors (Lipinski definition) is 3. The molecule has 0 unspecified atom stereocenters. The molecule has 0 heterocycles. The number of alkyl halides is 1. The van der Waals surface area contributed by atoms with Crippen molar-refractivity contribution >= 4 is 29.1 Å². The van der Waals surface area contributed by atoms with Crippen LogP contribution in [0, 0.1) is 51.4 Å². The summed E-state index contributed by atoms with van der Waals surface area (Å²) in [5.74, 6) is 0.802. The number of fused-ring (bicyclic) bond motifs is 7. The first-order valence-corrected chi connectivity index (χ1v) is 15.8. The fourth-order valence-corrected chi connectivity index (χ4v) is 10.6. The highest BCUT2D eigenvalue weighted by Crippen LogP contribution is 2.74. The maximum absolute atomic E-state index is 14.5. The van der Waals surface area contributed by atoms with Gasteiger partial charge >= 0.3 is 0 Å². The molecule has 5 aliphatic carbocycles. The van der Waals surface area contributed by atoms with Gasteiger partial charge in [-0.25, -0.2) is 4.85 Å². The Labute approximate surface area is 245 Å². The van der Waals surface area contributed by atoms with Crippen LogP contribution in [0.15, 0.2) is 23.4 Å². The lowest BCUT2D eigenvalue weighted by molar-refractivity contribution is -0.166. The van der Waals surface area contributed by atoms with Gasteiger partial charge in [0.2, 0.25) is 11.6 Å². The molecule has 0 saturated heterocycles. The van der Waals surface area contributed by atoms with Crippen LogP contribution < -0.4 is 5.32 Å². The summed E-state index contributed by atoms with van der Waals surface area (Å²) >= 11 is 5.84. The van der Waals surface area contributed by atoms with Crippen molar-refractivity contribution in [2.75, 3.05) is 5.88 Å². The third-order valence-electron chi connectivity index (χ3n) is 13.0. The zero-order valence-electron chi connectivity index (χ0n) is 25.5. The summed E-state index contributed by atoms with van der Waals surface area (Å²) < 4.78 is 0. The average Bonchev–Trinajstić information content (AvgIpc) is 2.87. The van der Waals surface area contributed by atoms with Crippen LogP contribution in [0.25, 0.3) is 4.85 Å². The van der Waals surface area contributed by atoms with E-state index in [2.05, 4.69) is 44.8 Å². The molecular formula is C34H47ClN2O3. The largest absolute Gasteiger partial charge is 0.351 e. The van der Waals surface area contributed by atoms with E-state index in [1.54, 1.807) is 0 Å². The highest BCUT2D eigenvalue weighted by atomic mass is 35.5. The maximum Gasteiger partial charge on any atom is 0.226 e. The van der Waals surface area contributed by atoms with Gasteiger partial charge in [0.15, 0.2) is 11.6 Å². The molecule has 40 heavy (non-hydrogen) atoms. The molecule has 0 aromatic heterocycles. The number of Topliss-reactive ketones (excluding diaryl/α,β-unsaturated/α-hetero) is 1. The monoisotopic (exact) mass is 566 g/mol. The van der Waals surface area contributed by atoms with Gasteiger partial charge in [-0.05, 0) is 92.4 Å². The number of ketones is 2. The lowest BCUT2D eigenvalue weighted by Crippen LogP contribution is -2.65. The standard InChI is InChI=1S/C34H47ClN2O3/c1-29(2)24-11-12-33(6)25(32(24,5)20-22(36-8)28(29)40)18-23(38)27-21-19-31(4,37-26(39)10-9-17-35)15-13-30(21,3)14-16-34(27,33)7/h18,20-21,24,27H,9-17,19H2,1-7H3,(H,37,39)/t21-,24-,27-,30+,31-,32-,33+,34+/m0/s1. The van der Waals surface area contributed by atoms with E-state index in [1.165, 1.54) is 0 Å². The first-order valence-electron chi connectivity index (χ1n) is 15.3. The topological polar surface area (TPSA) is 67.6 Å². The number of nitrogens with one attached hydrogen (secondary N) is 1. The minimum absolute atomic E-state index is 0.0533. The van der Waals surface area contributed by atoms with E-state index < -0.39 is 10.8 Å². The van der Waals surface area contributed by atoms with Crippen LogP contribution in [-0.2, 0) is 14.4 Å².